The van der Waals surface area contributed by atoms with Crippen LogP contribution in [-0.2, 0) is 0 Å². The first-order valence-electron chi connectivity index (χ1n) is 20.8. The number of aromatic nitrogens is 6. The highest BCUT2D eigenvalue weighted by molar-refractivity contribution is 6.12. The summed E-state index contributed by atoms with van der Waals surface area (Å²) in [4.78, 5) is 26.5. The highest BCUT2D eigenvalue weighted by atomic mass is 16.3. The van der Waals surface area contributed by atoms with Gasteiger partial charge in [0.2, 0.25) is 0 Å². The number of hydrogen-bond acceptors (Lipinski definition) is 7. The van der Waals surface area contributed by atoms with Gasteiger partial charge in [0, 0.05) is 54.7 Å². The molecular weight excluding hydrogens is 777 g/mol. The van der Waals surface area contributed by atoms with Crippen LogP contribution >= 0.6 is 0 Å². The average Bonchev–Trinajstić information content (AvgIpc) is 4.04. The maximum absolute atomic E-state index is 6.47. The molecule has 0 atom stereocenters. The quantitative estimate of drug-likeness (QED) is 0.165. The highest BCUT2D eigenvalue weighted by Crippen LogP contribution is 2.41. The average molecular weight is 809 g/mol. The molecule has 0 spiro atoms. The Morgan fingerprint density at radius 1 is 0.349 bits per heavy atom. The minimum atomic E-state index is 0.500. The lowest BCUT2D eigenvalue weighted by Gasteiger charge is -2.16. The molecule has 13 aromatic rings. The van der Waals surface area contributed by atoms with Crippen molar-refractivity contribution >= 4 is 65.8 Å². The molecule has 0 saturated heterocycles. The number of fused-ring (bicyclic) bond motifs is 9. The molecule has 0 aliphatic heterocycles. The molecule has 0 bridgehead atoms. The van der Waals surface area contributed by atoms with Gasteiger partial charge in [-0.05, 0) is 54.6 Å². The summed E-state index contributed by atoms with van der Waals surface area (Å²) in [7, 11) is 0. The van der Waals surface area contributed by atoms with Gasteiger partial charge in [-0.2, -0.15) is 0 Å². The number of furan rings is 2. The van der Waals surface area contributed by atoms with Gasteiger partial charge in [0.1, 0.15) is 28.0 Å². The molecule has 63 heavy (non-hydrogen) atoms. The van der Waals surface area contributed by atoms with Crippen molar-refractivity contribution in [2.45, 2.75) is 0 Å². The first-order valence-corrected chi connectivity index (χ1v) is 20.8. The lowest BCUT2D eigenvalue weighted by Crippen LogP contribution is -2.04. The monoisotopic (exact) mass is 808 g/mol. The lowest BCUT2D eigenvalue weighted by molar-refractivity contribution is 0.667. The van der Waals surface area contributed by atoms with Crippen LogP contribution in [0, 0.1) is 0 Å². The van der Waals surface area contributed by atoms with Crippen LogP contribution in [0.5, 0.6) is 0 Å². The summed E-state index contributed by atoms with van der Waals surface area (Å²) in [5.41, 5.74) is 11.7. The van der Waals surface area contributed by atoms with E-state index in [1.807, 2.05) is 103 Å². The fraction of sp³-hybridized carbons (Fsp3) is 0. The fourth-order valence-corrected chi connectivity index (χ4v) is 9.04. The second kappa shape index (κ2) is 13.9. The third-order valence-electron chi connectivity index (χ3n) is 11.9. The van der Waals surface area contributed by atoms with Crippen molar-refractivity contribution in [3.63, 3.8) is 0 Å². The van der Waals surface area contributed by atoms with Crippen molar-refractivity contribution in [3.8, 4) is 62.5 Å². The Kier molecular flexibility index (Phi) is 7.74. The van der Waals surface area contributed by atoms with E-state index in [4.69, 9.17) is 33.8 Å². The predicted molar refractivity (Wildman–Crippen MR) is 251 cm³/mol. The molecule has 0 unspecified atom stereocenters. The molecule has 0 N–H and O–H groups in total. The van der Waals surface area contributed by atoms with Crippen LogP contribution in [0.15, 0.2) is 203 Å². The van der Waals surface area contributed by atoms with Crippen LogP contribution in [0.3, 0.4) is 0 Å². The fourth-order valence-electron chi connectivity index (χ4n) is 9.04. The van der Waals surface area contributed by atoms with Crippen LogP contribution in [0.4, 0.5) is 0 Å². The van der Waals surface area contributed by atoms with Crippen molar-refractivity contribution in [2.24, 2.45) is 0 Å². The molecule has 294 valence electrons. The third kappa shape index (κ3) is 5.58. The summed E-state index contributed by atoms with van der Waals surface area (Å²) in [6, 6.07) is 65.7. The molecule has 0 radical (unpaired) electrons. The zero-order chi connectivity index (χ0) is 41.4. The van der Waals surface area contributed by atoms with Gasteiger partial charge in [-0.3, -0.25) is 0 Å². The molecule has 8 heteroatoms. The zero-order valence-electron chi connectivity index (χ0n) is 33.5. The Labute approximate surface area is 359 Å². The first kappa shape index (κ1) is 35.0. The van der Waals surface area contributed by atoms with Crippen LogP contribution in [0.25, 0.3) is 128 Å². The molecular formula is C55H32N6O2. The zero-order valence-corrected chi connectivity index (χ0v) is 33.5. The Hall–Kier alpha value is -8.75. The van der Waals surface area contributed by atoms with Crippen molar-refractivity contribution in [3.05, 3.63) is 194 Å². The standard InChI is InChI=1S/C55H32N6O2/c1-3-16-33(17-4-1)49-51-50(39-23-10-14-28-46(39)63-51)57-53(56-49)35-30-31-44(61-42-25-11-7-20-36(42)37-21-8-12-26-43(37)61)41(32-35)55-59-52(34-18-5-2-6-19-34)58-54(60-55)40-24-15-29-47-48(40)38-22-9-13-27-45(38)62-47/h1-32H. The smallest absolute Gasteiger partial charge is 0.180 e. The molecule has 8 nitrogen and oxygen atoms in total. The summed E-state index contributed by atoms with van der Waals surface area (Å²) in [5.74, 6) is 2.13. The molecule has 5 heterocycles. The highest BCUT2D eigenvalue weighted by Gasteiger charge is 2.24. The summed E-state index contributed by atoms with van der Waals surface area (Å²) in [6.45, 7) is 0. The largest absolute Gasteiger partial charge is 0.456 e. The minimum Gasteiger partial charge on any atom is -0.456 e. The van der Waals surface area contributed by atoms with Gasteiger partial charge in [-0.25, -0.2) is 24.9 Å². The molecule has 8 aromatic carbocycles. The molecule has 0 aliphatic carbocycles. The van der Waals surface area contributed by atoms with Crippen LogP contribution < -0.4 is 0 Å². The van der Waals surface area contributed by atoms with Gasteiger partial charge in [0.15, 0.2) is 28.9 Å². The summed E-state index contributed by atoms with van der Waals surface area (Å²) in [6.07, 6.45) is 0. The molecule has 5 aromatic heterocycles. The van der Waals surface area contributed by atoms with E-state index < -0.39 is 0 Å². The van der Waals surface area contributed by atoms with Crippen LogP contribution in [0.2, 0.25) is 0 Å². The van der Waals surface area contributed by atoms with Crippen LogP contribution in [-0.4, -0.2) is 29.5 Å². The van der Waals surface area contributed by atoms with Crippen molar-refractivity contribution in [1.29, 1.82) is 0 Å². The van der Waals surface area contributed by atoms with Gasteiger partial charge in [-0.15, -0.1) is 0 Å². The lowest BCUT2D eigenvalue weighted by atomic mass is 10.0. The van der Waals surface area contributed by atoms with Crippen molar-refractivity contribution < 1.29 is 8.83 Å². The number of rotatable bonds is 6. The van der Waals surface area contributed by atoms with Gasteiger partial charge in [0.25, 0.3) is 0 Å². The molecule has 0 aliphatic rings. The van der Waals surface area contributed by atoms with Crippen molar-refractivity contribution in [1.82, 2.24) is 29.5 Å². The SMILES string of the molecule is c1ccc(-c2nc(-c3cc(-c4nc(-c5ccccc5)c5oc6ccccc6c5n4)ccc3-n3c4ccccc4c4ccccc43)nc(-c3cccc4oc5ccccc5c34)n2)cc1. The first-order chi connectivity index (χ1) is 31.2. The molecule has 0 amide bonds. The number of para-hydroxylation sites is 4. The summed E-state index contributed by atoms with van der Waals surface area (Å²) >= 11 is 0. The van der Waals surface area contributed by atoms with Crippen molar-refractivity contribution in [2.75, 3.05) is 0 Å². The Bertz CT molecular complexity index is 3870. The van der Waals surface area contributed by atoms with E-state index >= 15 is 0 Å². The third-order valence-corrected chi connectivity index (χ3v) is 11.9. The van der Waals surface area contributed by atoms with Crippen LogP contribution in [0.1, 0.15) is 0 Å². The topological polar surface area (TPSA) is 95.7 Å². The van der Waals surface area contributed by atoms with E-state index in [-0.39, 0.29) is 0 Å². The molecule has 13 rings (SSSR count). The Morgan fingerprint density at radius 3 is 1.63 bits per heavy atom. The van der Waals surface area contributed by atoms with E-state index in [1.165, 1.54) is 0 Å². The second-order valence-corrected chi connectivity index (χ2v) is 15.6. The molecule has 0 saturated carbocycles. The minimum absolute atomic E-state index is 0.500. The maximum atomic E-state index is 6.47. The number of benzene rings is 8. The maximum Gasteiger partial charge on any atom is 0.180 e. The van der Waals surface area contributed by atoms with E-state index in [0.29, 0.717) is 34.6 Å². The Balaban J connectivity index is 1.13. The number of nitrogens with zero attached hydrogens (tertiary/aromatic N) is 6. The number of hydrogen-bond donors (Lipinski definition) is 0. The Morgan fingerprint density at radius 2 is 0.905 bits per heavy atom. The van der Waals surface area contributed by atoms with E-state index in [0.717, 1.165) is 93.7 Å². The second-order valence-electron chi connectivity index (χ2n) is 15.6. The predicted octanol–water partition coefficient (Wildman–Crippen LogP) is 13.9. The normalized spacial score (nSPS) is 11.8. The van der Waals surface area contributed by atoms with Gasteiger partial charge in [0.05, 0.1) is 16.7 Å². The molecule has 0 fully saturated rings. The van der Waals surface area contributed by atoms with E-state index in [2.05, 4.69) is 95.6 Å². The van der Waals surface area contributed by atoms with Gasteiger partial charge >= 0.3 is 0 Å². The van der Waals surface area contributed by atoms with Gasteiger partial charge < -0.3 is 13.4 Å². The van der Waals surface area contributed by atoms with E-state index in [9.17, 15) is 0 Å². The van der Waals surface area contributed by atoms with Gasteiger partial charge in [-0.1, -0.05) is 140 Å². The van der Waals surface area contributed by atoms with E-state index in [1.54, 1.807) is 0 Å². The summed E-state index contributed by atoms with van der Waals surface area (Å²) in [5, 5.41) is 5.16. The summed E-state index contributed by atoms with van der Waals surface area (Å²) < 4.78 is 15.1.